The van der Waals surface area contributed by atoms with E-state index in [-0.39, 0.29) is 0 Å². The molecule has 0 bridgehead atoms. The first-order valence-corrected chi connectivity index (χ1v) is 11.6. The molecule has 0 amide bonds. The summed E-state index contributed by atoms with van der Waals surface area (Å²) in [4.78, 5) is 0. The summed E-state index contributed by atoms with van der Waals surface area (Å²) in [6.07, 6.45) is 15.5. The van der Waals surface area contributed by atoms with E-state index < -0.39 is 9.73 Å². The van der Waals surface area contributed by atoms with Crippen molar-refractivity contribution in [2.24, 2.45) is 11.3 Å². The predicted octanol–water partition coefficient (Wildman–Crippen LogP) is 6.39. The molecule has 1 saturated heterocycles. The second kappa shape index (κ2) is 9.95. The highest BCUT2D eigenvalue weighted by Crippen LogP contribution is 2.44. The molecule has 0 saturated carbocycles. The third kappa shape index (κ3) is 7.02. The molecule has 0 atom stereocenters. The topological polar surface area (TPSA) is 40.9 Å². The van der Waals surface area contributed by atoms with E-state index in [0.29, 0.717) is 22.8 Å². The first-order chi connectivity index (χ1) is 10.4. The van der Waals surface area contributed by atoms with Gasteiger partial charge in [0, 0.05) is 21.2 Å². The van der Waals surface area contributed by atoms with Crippen molar-refractivity contribution in [1.29, 1.82) is 4.78 Å². The van der Waals surface area contributed by atoms with Gasteiger partial charge in [-0.15, -0.1) is 0 Å². The van der Waals surface area contributed by atoms with Crippen LogP contribution in [0.15, 0.2) is 0 Å². The number of rotatable bonds is 11. The van der Waals surface area contributed by atoms with Crippen LogP contribution in [0.25, 0.3) is 0 Å². The van der Waals surface area contributed by atoms with Crippen molar-refractivity contribution in [2.75, 3.05) is 11.5 Å². The molecule has 0 spiro atoms. The Morgan fingerprint density at radius 2 is 1.36 bits per heavy atom. The largest absolute Gasteiger partial charge is 0.253 e. The van der Waals surface area contributed by atoms with Crippen LogP contribution in [0.5, 0.6) is 0 Å². The fourth-order valence-corrected chi connectivity index (χ4v) is 5.59. The van der Waals surface area contributed by atoms with Crippen molar-refractivity contribution >= 4 is 9.73 Å². The second-order valence-corrected chi connectivity index (χ2v) is 10.2. The molecule has 22 heavy (non-hydrogen) atoms. The lowest BCUT2D eigenvalue weighted by molar-refractivity contribution is 0.131. The Balaban J connectivity index is 2.55. The van der Waals surface area contributed by atoms with Crippen LogP contribution in [-0.4, -0.2) is 15.7 Å². The van der Waals surface area contributed by atoms with E-state index in [2.05, 4.69) is 20.8 Å². The Hall–Kier alpha value is -0.0500. The highest BCUT2D eigenvalue weighted by atomic mass is 32.2. The maximum atomic E-state index is 11.9. The zero-order chi connectivity index (χ0) is 16.5. The summed E-state index contributed by atoms with van der Waals surface area (Å²) in [6, 6.07) is 0. The average molecular weight is 330 g/mol. The summed E-state index contributed by atoms with van der Waals surface area (Å²) in [7, 11) is -2.23. The lowest BCUT2D eigenvalue weighted by Gasteiger charge is -2.41. The highest BCUT2D eigenvalue weighted by molar-refractivity contribution is 7.92. The Morgan fingerprint density at radius 1 is 0.909 bits per heavy atom. The maximum Gasteiger partial charge on any atom is 0.0441 e. The summed E-state index contributed by atoms with van der Waals surface area (Å²) in [6.45, 7) is 7.04. The van der Waals surface area contributed by atoms with Crippen molar-refractivity contribution in [3.05, 3.63) is 0 Å². The third-order valence-corrected chi connectivity index (χ3v) is 7.57. The summed E-state index contributed by atoms with van der Waals surface area (Å²) in [5.74, 6) is 2.00. The van der Waals surface area contributed by atoms with Gasteiger partial charge >= 0.3 is 0 Å². The molecule has 1 aliphatic rings. The number of hydrogen-bond acceptors (Lipinski definition) is 2. The minimum atomic E-state index is -2.23. The molecule has 0 aromatic carbocycles. The molecule has 0 unspecified atom stereocenters. The molecule has 3 heteroatoms. The summed E-state index contributed by atoms with van der Waals surface area (Å²) >= 11 is 0. The molecule has 0 aromatic rings. The van der Waals surface area contributed by atoms with Gasteiger partial charge in [-0.1, -0.05) is 72.1 Å². The summed E-state index contributed by atoms with van der Waals surface area (Å²) < 4.78 is 19.8. The summed E-state index contributed by atoms with van der Waals surface area (Å²) in [5, 5.41) is 0. The zero-order valence-electron chi connectivity index (χ0n) is 15.3. The first kappa shape index (κ1) is 20.0. The van der Waals surface area contributed by atoms with E-state index in [1.165, 1.54) is 64.2 Å². The molecule has 0 aliphatic carbocycles. The van der Waals surface area contributed by atoms with Crippen LogP contribution in [0.4, 0.5) is 0 Å². The monoisotopic (exact) mass is 329 g/mol. The van der Waals surface area contributed by atoms with Crippen molar-refractivity contribution in [3.63, 3.8) is 0 Å². The van der Waals surface area contributed by atoms with Gasteiger partial charge in [0.1, 0.15) is 0 Å². The van der Waals surface area contributed by atoms with Gasteiger partial charge in [0.05, 0.1) is 0 Å². The van der Waals surface area contributed by atoms with E-state index >= 15 is 0 Å². The fraction of sp³-hybridized carbons (Fsp3) is 1.00. The van der Waals surface area contributed by atoms with Gasteiger partial charge in [-0.2, -0.15) is 0 Å². The molecule has 1 fully saturated rings. The first-order valence-electron chi connectivity index (χ1n) is 9.67. The standard InChI is InChI=1S/C19H39NOS/c1-4-6-8-10-14-19(3,15-11-9-7-5-2)18-12-16-22(20,21)17-13-18/h18,20H,4-17H2,1-3H3. The molecule has 1 heterocycles. The van der Waals surface area contributed by atoms with Crippen molar-refractivity contribution in [1.82, 2.24) is 0 Å². The van der Waals surface area contributed by atoms with Crippen LogP contribution >= 0.6 is 0 Å². The molecule has 0 radical (unpaired) electrons. The van der Waals surface area contributed by atoms with Gasteiger partial charge in [0.2, 0.25) is 0 Å². The van der Waals surface area contributed by atoms with Gasteiger partial charge < -0.3 is 0 Å². The molecule has 1 aliphatic heterocycles. The number of hydrogen-bond donors (Lipinski definition) is 1. The lowest BCUT2D eigenvalue weighted by atomic mass is 9.68. The molecule has 1 N–H and O–H groups in total. The predicted molar refractivity (Wildman–Crippen MR) is 98.9 cm³/mol. The number of unbranched alkanes of at least 4 members (excludes halogenated alkanes) is 6. The van der Waals surface area contributed by atoms with Crippen molar-refractivity contribution in [2.45, 2.75) is 97.8 Å². The highest BCUT2D eigenvalue weighted by Gasteiger charge is 2.36. The maximum absolute atomic E-state index is 11.9. The van der Waals surface area contributed by atoms with Crippen LogP contribution < -0.4 is 0 Å². The molecule has 2 nitrogen and oxygen atoms in total. The number of nitrogens with one attached hydrogen (secondary N) is 1. The minimum Gasteiger partial charge on any atom is -0.253 e. The Kier molecular flexibility index (Phi) is 9.04. The lowest BCUT2D eigenvalue weighted by Crippen LogP contribution is -2.34. The van der Waals surface area contributed by atoms with Gasteiger partial charge in [-0.05, 0) is 37.0 Å². The Labute approximate surface area is 139 Å². The van der Waals surface area contributed by atoms with Crippen LogP contribution in [0, 0.1) is 16.1 Å². The molecule has 1 rings (SSSR count). The van der Waals surface area contributed by atoms with E-state index in [0.717, 1.165) is 12.8 Å². The molecular formula is C19H39NOS. The van der Waals surface area contributed by atoms with Crippen molar-refractivity contribution in [3.8, 4) is 0 Å². The van der Waals surface area contributed by atoms with E-state index in [1.807, 2.05) is 0 Å². The van der Waals surface area contributed by atoms with Gasteiger partial charge in [-0.25, -0.2) is 4.21 Å². The van der Waals surface area contributed by atoms with Crippen LogP contribution in [-0.2, 0) is 9.73 Å². The average Bonchev–Trinajstić information content (AvgIpc) is 2.48. The van der Waals surface area contributed by atoms with Gasteiger partial charge in [0.15, 0.2) is 0 Å². The fourth-order valence-electron chi connectivity index (χ4n) is 4.05. The summed E-state index contributed by atoms with van der Waals surface area (Å²) in [5.41, 5.74) is 0.428. The van der Waals surface area contributed by atoms with Crippen LogP contribution in [0.1, 0.15) is 97.8 Å². The van der Waals surface area contributed by atoms with Crippen molar-refractivity contribution < 1.29 is 4.21 Å². The normalized spacial score (nSPS) is 26.2. The van der Waals surface area contributed by atoms with Crippen LogP contribution in [0.3, 0.4) is 0 Å². The Bertz CT molecular complexity index is 362. The van der Waals surface area contributed by atoms with Gasteiger partial charge in [-0.3, -0.25) is 4.78 Å². The van der Waals surface area contributed by atoms with E-state index in [4.69, 9.17) is 4.78 Å². The molecule has 0 aromatic heterocycles. The third-order valence-electron chi connectivity index (χ3n) is 5.78. The SMILES string of the molecule is CCCCCCC(C)(CCCCCC)C1CCS(=N)(=O)CC1. The smallest absolute Gasteiger partial charge is 0.0441 e. The molecular weight excluding hydrogens is 290 g/mol. The molecule has 132 valence electrons. The van der Waals surface area contributed by atoms with E-state index in [9.17, 15) is 4.21 Å². The second-order valence-electron chi connectivity index (χ2n) is 7.77. The Morgan fingerprint density at radius 3 is 1.77 bits per heavy atom. The van der Waals surface area contributed by atoms with E-state index in [1.54, 1.807) is 0 Å². The minimum absolute atomic E-state index is 0.428. The van der Waals surface area contributed by atoms with Gasteiger partial charge in [0.25, 0.3) is 0 Å². The van der Waals surface area contributed by atoms with Crippen LogP contribution in [0.2, 0.25) is 0 Å². The zero-order valence-corrected chi connectivity index (χ0v) is 16.1. The quantitative estimate of drug-likeness (QED) is 0.438.